The van der Waals surface area contributed by atoms with Crippen molar-refractivity contribution >= 4 is 17.5 Å². The number of halogens is 4. The predicted octanol–water partition coefficient (Wildman–Crippen LogP) is 2.28. The normalized spacial score (nSPS) is 14.8. The van der Waals surface area contributed by atoms with Crippen molar-refractivity contribution in [2.75, 3.05) is 6.54 Å². The number of hydrogen-bond acceptors (Lipinski definition) is 2. The standard InChI is InChI=1S/C12H14ClF3N2O/c1-11(17,12(14,15)16)10(19)18-7-6-8-2-4-9(13)5-3-8/h2-5H,6-7,17H2,1H3,(H,18,19). The summed E-state index contributed by atoms with van der Waals surface area (Å²) in [7, 11) is 0. The third-order valence-electron chi connectivity index (χ3n) is 2.67. The topological polar surface area (TPSA) is 55.1 Å². The zero-order valence-electron chi connectivity index (χ0n) is 10.2. The first-order valence-corrected chi connectivity index (χ1v) is 5.91. The highest BCUT2D eigenvalue weighted by Gasteiger charge is 2.53. The molecule has 3 nitrogen and oxygen atoms in total. The monoisotopic (exact) mass is 294 g/mol. The number of carbonyl (C=O) groups excluding carboxylic acids is 1. The maximum absolute atomic E-state index is 12.5. The van der Waals surface area contributed by atoms with Crippen LogP contribution in [0.5, 0.6) is 0 Å². The Kier molecular flexibility index (Phi) is 4.81. The molecule has 0 aromatic heterocycles. The maximum atomic E-state index is 12.5. The number of carbonyl (C=O) groups is 1. The van der Waals surface area contributed by atoms with Crippen LogP contribution < -0.4 is 11.1 Å². The minimum absolute atomic E-state index is 0.0728. The van der Waals surface area contributed by atoms with Crippen molar-refractivity contribution in [3.8, 4) is 0 Å². The van der Waals surface area contributed by atoms with Gasteiger partial charge in [-0.1, -0.05) is 23.7 Å². The number of alkyl halides is 3. The highest BCUT2D eigenvalue weighted by atomic mass is 35.5. The van der Waals surface area contributed by atoms with Crippen molar-refractivity contribution in [2.45, 2.75) is 25.1 Å². The fourth-order valence-corrected chi connectivity index (χ4v) is 1.41. The van der Waals surface area contributed by atoms with Gasteiger partial charge in [-0.25, -0.2) is 0 Å². The SMILES string of the molecule is CC(N)(C(=O)NCCc1ccc(Cl)cc1)C(F)(F)F. The number of rotatable bonds is 4. The van der Waals surface area contributed by atoms with Gasteiger partial charge in [0, 0.05) is 11.6 Å². The van der Waals surface area contributed by atoms with E-state index in [0.717, 1.165) is 5.56 Å². The molecule has 0 spiro atoms. The Morgan fingerprint density at radius 3 is 2.32 bits per heavy atom. The lowest BCUT2D eigenvalue weighted by atomic mass is 10.0. The molecule has 0 fully saturated rings. The van der Waals surface area contributed by atoms with E-state index >= 15 is 0 Å². The number of benzene rings is 1. The van der Waals surface area contributed by atoms with Gasteiger partial charge >= 0.3 is 6.18 Å². The van der Waals surface area contributed by atoms with Crippen molar-refractivity contribution in [3.05, 3.63) is 34.9 Å². The number of amides is 1. The molecule has 0 bridgehead atoms. The van der Waals surface area contributed by atoms with Gasteiger partial charge in [0.1, 0.15) is 0 Å². The summed E-state index contributed by atoms with van der Waals surface area (Å²) in [6.07, 6.45) is -4.38. The van der Waals surface area contributed by atoms with E-state index in [4.69, 9.17) is 17.3 Å². The Labute approximate surface area is 113 Å². The molecule has 1 amide bonds. The summed E-state index contributed by atoms with van der Waals surface area (Å²) < 4.78 is 37.4. The van der Waals surface area contributed by atoms with E-state index in [0.29, 0.717) is 18.4 Å². The summed E-state index contributed by atoms with van der Waals surface area (Å²) in [6.45, 7) is 0.716. The molecule has 0 aliphatic heterocycles. The van der Waals surface area contributed by atoms with Gasteiger partial charge in [-0.2, -0.15) is 13.2 Å². The van der Waals surface area contributed by atoms with Crippen LogP contribution in [0, 0.1) is 0 Å². The van der Waals surface area contributed by atoms with Gasteiger partial charge < -0.3 is 11.1 Å². The second kappa shape index (κ2) is 5.79. The van der Waals surface area contributed by atoms with E-state index in [2.05, 4.69) is 5.32 Å². The summed E-state index contributed by atoms with van der Waals surface area (Å²) in [5.41, 5.74) is 2.96. The van der Waals surface area contributed by atoms with Crippen molar-refractivity contribution in [1.82, 2.24) is 5.32 Å². The van der Waals surface area contributed by atoms with Crippen LogP contribution >= 0.6 is 11.6 Å². The van der Waals surface area contributed by atoms with E-state index in [-0.39, 0.29) is 6.54 Å². The Morgan fingerprint density at radius 2 is 1.84 bits per heavy atom. The Morgan fingerprint density at radius 1 is 1.32 bits per heavy atom. The van der Waals surface area contributed by atoms with E-state index in [1.54, 1.807) is 24.3 Å². The fraction of sp³-hybridized carbons (Fsp3) is 0.417. The molecule has 7 heteroatoms. The van der Waals surface area contributed by atoms with Crippen LogP contribution in [-0.2, 0) is 11.2 Å². The lowest BCUT2D eigenvalue weighted by molar-refractivity contribution is -0.187. The Bertz CT molecular complexity index is 443. The molecular formula is C12H14ClF3N2O. The van der Waals surface area contributed by atoms with E-state index < -0.39 is 17.6 Å². The van der Waals surface area contributed by atoms with Gasteiger partial charge in [-0.05, 0) is 31.0 Å². The van der Waals surface area contributed by atoms with Crippen molar-refractivity contribution in [2.24, 2.45) is 5.73 Å². The van der Waals surface area contributed by atoms with E-state index in [1.807, 2.05) is 0 Å². The molecule has 19 heavy (non-hydrogen) atoms. The summed E-state index contributed by atoms with van der Waals surface area (Å²) in [5.74, 6) is -1.24. The zero-order chi connectivity index (χ0) is 14.7. The van der Waals surface area contributed by atoms with Crippen LogP contribution in [0.15, 0.2) is 24.3 Å². The lowest BCUT2D eigenvalue weighted by Gasteiger charge is -2.26. The predicted molar refractivity (Wildman–Crippen MR) is 66.8 cm³/mol. The van der Waals surface area contributed by atoms with Crippen molar-refractivity contribution in [1.29, 1.82) is 0 Å². The lowest BCUT2D eigenvalue weighted by Crippen LogP contribution is -2.61. The minimum Gasteiger partial charge on any atom is -0.354 e. The molecule has 3 N–H and O–H groups in total. The van der Waals surface area contributed by atoms with Gasteiger partial charge in [0.15, 0.2) is 5.54 Å². The molecule has 1 aromatic carbocycles. The van der Waals surface area contributed by atoms with Crippen LogP contribution in [0.25, 0.3) is 0 Å². The molecule has 1 rings (SSSR count). The smallest absolute Gasteiger partial charge is 0.354 e. The zero-order valence-corrected chi connectivity index (χ0v) is 11.0. The average molecular weight is 295 g/mol. The third kappa shape index (κ3) is 4.11. The second-order valence-corrected chi connectivity index (χ2v) is 4.77. The number of nitrogens with two attached hydrogens (primary N) is 1. The van der Waals surface area contributed by atoms with Gasteiger partial charge in [0.2, 0.25) is 5.91 Å². The molecule has 0 saturated carbocycles. The molecular weight excluding hydrogens is 281 g/mol. The van der Waals surface area contributed by atoms with E-state index in [1.165, 1.54) is 0 Å². The van der Waals surface area contributed by atoms with Crippen LogP contribution in [0.4, 0.5) is 13.2 Å². The first-order valence-electron chi connectivity index (χ1n) is 5.53. The molecule has 0 heterocycles. The van der Waals surface area contributed by atoms with Crippen LogP contribution in [-0.4, -0.2) is 24.2 Å². The maximum Gasteiger partial charge on any atom is 0.415 e. The van der Waals surface area contributed by atoms with Crippen molar-refractivity contribution < 1.29 is 18.0 Å². The van der Waals surface area contributed by atoms with E-state index in [9.17, 15) is 18.0 Å². The fourth-order valence-electron chi connectivity index (χ4n) is 1.28. The van der Waals surface area contributed by atoms with Crippen LogP contribution in [0.1, 0.15) is 12.5 Å². The molecule has 1 atom stereocenters. The summed E-state index contributed by atoms with van der Waals surface area (Å²) in [6, 6.07) is 6.81. The molecule has 0 radical (unpaired) electrons. The molecule has 106 valence electrons. The summed E-state index contributed by atoms with van der Waals surface area (Å²) >= 11 is 5.69. The highest BCUT2D eigenvalue weighted by Crippen LogP contribution is 2.27. The average Bonchev–Trinajstić information content (AvgIpc) is 2.30. The third-order valence-corrected chi connectivity index (χ3v) is 2.93. The minimum atomic E-state index is -4.78. The molecule has 1 aromatic rings. The Balaban J connectivity index is 2.49. The summed E-state index contributed by atoms with van der Waals surface area (Å²) in [5, 5.41) is 2.74. The van der Waals surface area contributed by atoms with Gasteiger partial charge in [0.25, 0.3) is 0 Å². The van der Waals surface area contributed by atoms with Gasteiger partial charge in [-0.3, -0.25) is 4.79 Å². The summed E-state index contributed by atoms with van der Waals surface area (Å²) in [4.78, 5) is 11.4. The molecule has 1 unspecified atom stereocenters. The first kappa shape index (κ1) is 15.8. The first-order chi connectivity index (χ1) is 8.64. The molecule has 0 aliphatic rings. The van der Waals surface area contributed by atoms with Crippen LogP contribution in [0.3, 0.4) is 0 Å². The second-order valence-electron chi connectivity index (χ2n) is 4.33. The quantitative estimate of drug-likeness (QED) is 0.895. The number of hydrogen-bond donors (Lipinski definition) is 2. The molecule has 0 saturated heterocycles. The van der Waals surface area contributed by atoms with Gasteiger partial charge in [0.05, 0.1) is 0 Å². The largest absolute Gasteiger partial charge is 0.415 e. The van der Waals surface area contributed by atoms with Crippen LogP contribution in [0.2, 0.25) is 5.02 Å². The highest BCUT2D eigenvalue weighted by molar-refractivity contribution is 6.30. The number of nitrogens with one attached hydrogen (secondary N) is 1. The Hall–Kier alpha value is -1.27. The van der Waals surface area contributed by atoms with Gasteiger partial charge in [-0.15, -0.1) is 0 Å². The van der Waals surface area contributed by atoms with Crippen molar-refractivity contribution in [3.63, 3.8) is 0 Å². The molecule has 0 aliphatic carbocycles.